The molecular weight excluding hydrogens is 665 g/mol. The van der Waals surface area contributed by atoms with Crippen LogP contribution in [0.3, 0.4) is 0 Å². The summed E-state index contributed by atoms with van der Waals surface area (Å²) in [4.78, 5) is 2.30. The third-order valence-corrected chi connectivity index (χ3v) is 12.1. The number of fused-ring (bicyclic) bond motifs is 10. The first kappa shape index (κ1) is 31.6. The van der Waals surface area contributed by atoms with Gasteiger partial charge in [-0.3, -0.25) is 0 Å². The third kappa shape index (κ3) is 4.74. The highest BCUT2D eigenvalue weighted by Crippen LogP contribution is 2.53. The van der Waals surface area contributed by atoms with Crippen LogP contribution in [0.4, 0.5) is 11.4 Å². The predicted octanol–water partition coefficient (Wildman–Crippen LogP) is 14.2. The number of hydrogen-bond donors (Lipinski definition) is 0. The van der Waals surface area contributed by atoms with Crippen molar-refractivity contribution < 1.29 is 0 Å². The molecule has 0 saturated carbocycles. The Kier molecular flexibility index (Phi) is 6.78. The molecule has 0 fully saturated rings. The number of benzene rings is 8. The number of allylic oxidation sites excluding steroid dienone is 4. The SMILES string of the molecule is C=C1/C=C(c2ccc3c(c2)c2c4c(ccc2n3-c2ccc3ccccc3c2)C(C)(C)c2ccccc2-4)\C=C/N(c2ccc3ccccc3c2)c2ccccc21. The van der Waals surface area contributed by atoms with Crippen LogP contribution < -0.4 is 4.90 Å². The van der Waals surface area contributed by atoms with E-state index >= 15 is 0 Å². The molecule has 0 N–H and O–H groups in total. The Morgan fingerprint density at radius 3 is 1.95 bits per heavy atom. The molecule has 9 aromatic rings. The molecule has 2 heteroatoms. The zero-order chi connectivity index (χ0) is 36.8. The van der Waals surface area contributed by atoms with Gasteiger partial charge < -0.3 is 9.47 Å². The van der Waals surface area contributed by atoms with Crippen LogP contribution in [0.1, 0.15) is 36.1 Å². The van der Waals surface area contributed by atoms with Gasteiger partial charge in [-0.25, -0.2) is 0 Å². The smallest absolute Gasteiger partial charge is 0.0547 e. The average Bonchev–Trinajstić information content (AvgIpc) is 3.67. The summed E-state index contributed by atoms with van der Waals surface area (Å²) in [5.74, 6) is 0. The normalized spacial score (nSPS) is 16.1. The van der Waals surface area contributed by atoms with Crippen molar-refractivity contribution in [2.75, 3.05) is 4.90 Å². The number of para-hydroxylation sites is 1. The first-order chi connectivity index (χ1) is 26.9. The minimum atomic E-state index is -0.0999. The molecular formula is C53H38N2. The Labute approximate surface area is 321 Å². The number of rotatable bonds is 3. The van der Waals surface area contributed by atoms with Gasteiger partial charge in [-0.05, 0) is 121 Å². The van der Waals surface area contributed by atoms with E-state index in [2.05, 4.69) is 212 Å². The van der Waals surface area contributed by atoms with Crippen LogP contribution in [-0.4, -0.2) is 4.57 Å². The molecule has 0 bridgehead atoms. The Bertz CT molecular complexity index is 3150. The van der Waals surface area contributed by atoms with Crippen LogP contribution in [0.15, 0.2) is 189 Å². The molecule has 1 aliphatic carbocycles. The summed E-state index contributed by atoms with van der Waals surface area (Å²) in [6.07, 6.45) is 6.72. The Morgan fingerprint density at radius 2 is 1.16 bits per heavy atom. The summed E-state index contributed by atoms with van der Waals surface area (Å²) in [6.45, 7) is 9.37. The third-order valence-electron chi connectivity index (χ3n) is 12.1. The summed E-state index contributed by atoms with van der Waals surface area (Å²) in [5.41, 5.74) is 15.5. The van der Waals surface area contributed by atoms with Gasteiger partial charge in [0.25, 0.3) is 0 Å². The van der Waals surface area contributed by atoms with E-state index in [1.807, 2.05) is 0 Å². The first-order valence-electron chi connectivity index (χ1n) is 19.1. The van der Waals surface area contributed by atoms with Gasteiger partial charge in [0.2, 0.25) is 0 Å². The largest absolute Gasteiger partial charge is 0.317 e. The van der Waals surface area contributed by atoms with Crippen molar-refractivity contribution in [3.63, 3.8) is 0 Å². The minimum absolute atomic E-state index is 0.0999. The van der Waals surface area contributed by atoms with Crippen LogP contribution in [0.5, 0.6) is 0 Å². The molecule has 0 saturated heterocycles. The lowest BCUT2D eigenvalue weighted by Gasteiger charge is -2.26. The van der Waals surface area contributed by atoms with Gasteiger partial charge in [-0.15, -0.1) is 0 Å². The monoisotopic (exact) mass is 702 g/mol. The maximum atomic E-state index is 4.64. The van der Waals surface area contributed by atoms with E-state index in [4.69, 9.17) is 0 Å². The standard InChI is InChI=1S/C53H38N2/c1-34-30-40(28-29-54(48-19-11-9-16-43(34)48)41-23-20-35-12-4-6-14-37(35)31-41)39-22-26-49-45(33-39)52-50(55(49)42-24-21-36-13-5-7-15-38(36)32-42)27-25-47-51(52)44-17-8-10-18-46(44)53(47,2)3/h4-33H,1H2,2-3H3/b29-28-,40-30+. The van der Waals surface area contributed by atoms with Crippen molar-refractivity contribution in [1.82, 2.24) is 4.57 Å². The van der Waals surface area contributed by atoms with Gasteiger partial charge in [0.05, 0.1) is 16.7 Å². The highest BCUT2D eigenvalue weighted by molar-refractivity contribution is 6.18. The van der Waals surface area contributed by atoms with Crippen LogP contribution in [0.2, 0.25) is 0 Å². The molecule has 1 aromatic heterocycles. The lowest BCUT2D eigenvalue weighted by Crippen LogP contribution is -2.14. The zero-order valence-corrected chi connectivity index (χ0v) is 30.9. The fourth-order valence-corrected chi connectivity index (χ4v) is 9.31. The Hall–Kier alpha value is -6.90. The first-order valence-corrected chi connectivity index (χ1v) is 19.1. The van der Waals surface area contributed by atoms with Gasteiger partial charge in [0.1, 0.15) is 0 Å². The molecule has 0 unspecified atom stereocenters. The number of nitrogens with zero attached hydrogens (tertiary/aromatic N) is 2. The maximum Gasteiger partial charge on any atom is 0.0547 e. The van der Waals surface area contributed by atoms with E-state index in [0.29, 0.717) is 0 Å². The highest BCUT2D eigenvalue weighted by atomic mass is 15.1. The molecule has 8 aromatic carbocycles. The van der Waals surface area contributed by atoms with Crippen LogP contribution in [-0.2, 0) is 5.41 Å². The van der Waals surface area contributed by atoms with E-state index < -0.39 is 0 Å². The predicted molar refractivity (Wildman–Crippen MR) is 235 cm³/mol. The average molecular weight is 703 g/mol. The summed E-state index contributed by atoms with van der Waals surface area (Å²) < 4.78 is 2.47. The quantitative estimate of drug-likeness (QED) is 0.178. The van der Waals surface area contributed by atoms with E-state index in [-0.39, 0.29) is 5.41 Å². The second kappa shape index (κ2) is 11.8. The molecule has 2 heterocycles. The van der Waals surface area contributed by atoms with Crippen molar-refractivity contribution in [3.8, 4) is 16.8 Å². The molecule has 0 atom stereocenters. The van der Waals surface area contributed by atoms with Gasteiger partial charge in [0.15, 0.2) is 0 Å². The molecule has 11 rings (SSSR count). The van der Waals surface area contributed by atoms with Gasteiger partial charge >= 0.3 is 0 Å². The van der Waals surface area contributed by atoms with E-state index in [1.165, 1.54) is 65.6 Å². The lowest BCUT2D eigenvalue weighted by atomic mass is 9.82. The Balaban J connectivity index is 1.15. The zero-order valence-electron chi connectivity index (χ0n) is 30.9. The summed E-state index contributed by atoms with van der Waals surface area (Å²) in [5, 5.41) is 7.48. The summed E-state index contributed by atoms with van der Waals surface area (Å²) in [7, 11) is 0. The second-order valence-electron chi connectivity index (χ2n) is 15.5. The van der Waals surface area contributed by atoms with Gasteiger partial charge in [0, 0.05) is 39.3 Å². The molecule has 0 spiro atoms. The van der Waals surface area contributed by atoms with Crippen LogP contribution in [0.25, 0.3) is 71.3 Å². The molecule has 0 amide bonds. The fraction of sp³-hybridized carbons (Fsp3) is 0.0566. The Morgan fingerprint density at radius 1 is 0.527 bits per heavy atom. The number of aromatic nitrogens is 1. The van der Waals surface area contributed by atoms with E-state index in [1.54, 1.807) is 0 Å². The second-order valence-corrected chi connectivity index (χ2v) is 15.5. The molecule has 0 radical (unpaired) electrons. The van der Waals surface area contributed by atoms with Crippen LogP contribution >= 0.6 is 0 Å². The van der Waals surface area contributed by atoms with Crippen molar-refractivity contribution in [2.24, 2.45) is 0 Å². The van der Waals surface area contributed by atoms with Gasteiger partial charge in [-0.2, -0.15) is 0 Å². The lowest BCUT2D eigenvalue weighted by molar-refractivity contribution is 0.661. The highest BCUT2D eigenvalue weighted by Gasteiger charge is 2.37. The van der Waals surface area contributed by atoms with E-state index in [9.17, 15) is 0 Å². The maximum absolute atomic E-state index is 4.64. The van der Waals surface area contributed by atoms with Crippen molar-refractivity contribution in [1.29, 1.82) is 0 Å². The topological polar surface area (TPSA) is 8.17 Å². The van der Waals surface area contributed by atoms with Crippen LogP contribution in [0, 0.1) is 0 Å². The summed E-state index contributed by atoms with van der Waals surface area (Å²) in [6, 6.07) is 60.1. The minimum Gasteiger partial charge on any atom is -0.317 e. The molecule has 2 aliphatic rings. The molecule has 55 heavy (non-hydrogen) atoms. The summed E-state index contributed by atoms with van der Waals surface area (Å²) >= 11 is 0. The number of hydrogen-bond acceptors (Lipinski definition) is 1. The van der Waals surface area contributed by atoms with Crippen molar-refractivity contribution in [3.05, 3.63) is 211 Å². The van der Waals surface area contributed by atoms with Crippen molar-refractivity contribution in [2.45, 2.75) is 19.3 Å². The van der Waals surface area contributed by atoms with Crippen molar-refractivity contribution >= 4 is 65.9 Å². The number of anilines is 2. The molecule has 260 valence electrons. The molecule has 1 aliphatic heterocycles. The molecule has 2 nitrogen and oxygen atoms in total. The van der Waals surface area contributed by atoms with Gasteiger partial charge in [-0.1, -0.05) is 136 Å². The fourth-order valence-electron chi connectivity index (χ4n) is 9.31. The van der Waals surface area contributed by atoms with E-state index in [0.717, 1.165) is 39.3 Å².